The lowest BCUT2D eigenvalue weighted by Gasteiger charge is -2.23. The van der Waals surface area contributed by atoms with Crippen molar-refractivity contribution < 1.29 is 18.7 Å². The van der Waals surface area contributed by atoms with Gasteiger partial charge in [-0.2, -0.15) is 0 Å². The molecule has 1 fully saturated rings. The van der Waals surface area contributed by atoms with Crippen molar-refractivity contribution in [3.8, 4) is 16.5 Å². The zero-order valence-corrected chi connectivity index (χ0v) is 18.3. The number of aryl methyl sites for hydroxylation is 2. The van der Waals surface area contributed by atoms with Crippen molar-refractivity contribution in [1.82, 2.24) is 9.88 Å². The topological polar surface area (TPSA) is 64.8 Å². The lowest BCUT2D eigenvalue weighted by atomic mass is 10.1. The smallest absolute Gasteiger partial charge is 0.323 e. The van der Waals surface area contributed by atoms with Crippen molar-refractivity contribution in [3.05, 3.63) is 58.3 Å². The van der Waals surface area contributed by atoms with Gasteiger partial charge in [0.05, 0.1) is 12.0 Å². The lowest BCUT2D eigenvalue weighted by Crippen LogP contribution is -2.36. The number of carbonyl (C=O) groups is 1. The Morgan fingerprint density at radius 1 is 1.33 bits per heavy atom. The first-order valence-corrected chi connectivity index (χ1v) is 11.0. The van der Waals surface area contributed by atoms with Gasteiger partial charge in [0.2, 0.25) is 5.89 Å². The molecule has 30 heavy (non-hydrogen) atoms. The molecule has 1 unspecified atom stereocenters. The number of aromatic nitrogens is 1. The van der Waals surface area contributed by atoms with Gasteiger partial charge in [-0.3, -0.25) is 9.69 Å². The van der Waals surface area contributed by atoms with Gasteiger partial charge in [0, 0.05) is 6.54 Å². The molecule has 1 aromatic carbocycles. The van der Waals surface area contributed by atoms with E-state index in [0.717, 1.165) is 53.6 Å². The zero-order chi connectivity index (χ0) is 21.1. The van der Waals surface area contributed by atoms with E-state index in [1.165, 1.54) is 12.7 Å². The minimum atomic E-state index is -0.144. The van der Waals surface area contributed by atoms with Crippen molar-refractivity contribution in [2.75, 3.05) is 13.7 Å². The van der Waals surface area contributed by atoms with Crippen LogP contribution >= 0.6 is 11.3 Å². The van der Waals surface area contributed by atoms with Gasteiger partial charge in [0.25, 0.3) is 0 Å². The van der Waals surface area contributed by atoms with Crippen LogP contribution in [0, 0.1) is 13.8 Å². The standard InChI is InChI=1S/C23H26N2O4S/c1-15-12-18(9-8-17(15)13-25-10-4-6-20(25)23(26)27-3)28-14-19-16(2)29-22(24-19)21-7-5-11-30-21/h5,7-9,11-12,20H,4,6,10,13-14H2,1-3H3. The number of hydrogen-bond acceptors (Lipinski definition) is 7. The van der Waals surface area contributed by atoms with E-state index in [9.17, 15) is 4.79 Å². The molecule has 1 saturated heterocycles. The molecule has 0 radical (unpaired) electrons. The van der Waals surface area contributed by atoms with Crippen LogP contribution in [0.3, 0.4) is 0 Å². The van der Waals surface area contributed by atoms with Crippen LogP contribution < -0.4 is 4.74 Å². The highest BCUT2D eigenvalue weighted by Crippen LogP contribution is 2.28. The van der Waals surface area contributed by atoms with Crippen molar-refractivity contribution in [2.24, 2.45) is 0 Å². The summed E-state index contributed by atoms with van der Waals surface area (Å²) < 4.78 is 16.7. The van der Waals surface area contributed by atoms with E-state index in [4.69, 9.17) is 13.9 Å². The molecule has 4 rings (SSSR count). The third-order valence-electron chi connectivity index (χ3n) is 5.52. The summed E-state index contributed by atoms with van der Waals surface area (Å²) in [4.78, 5) is 19.8. The van der Waals surface area contributed by atoms with E-state index in [1.807, 2.05) is 36.6 Å². The second kappa shape index (κ2) is 9.02. The molecule has 2 aromatic heterocycles. The summed E-state index contributed by atoms with van der Waals surface area (Å²) in [5.41, 5.74) is 3.13. The molecule has 1 atom stereocenters. The van der Waals surface area contributed by atoms with Crippen LogP contribution in [0.5, 0.6) is 5.75 Å². The number of thiophene rings is 1. The van der Waals surface area contributed by atoms with Crippen LogP contribution in [0.2, 0.25) is 0 Å². The molecule has 1 aliphatic heterocycles. The first kappa shape index (κ1) is 20.6. The maximum Gasteiger partial charge on any atom is 0.323 e. The molecule has 0 spiro atoms. The third-order valence-corrected chi connectivity index (χ3v) is 6.38. The molecular weight excluding hydrogens is 400 g/mol. The highest BCUT2D eigenvalue weighted by atomic mass is 32.1. The van der Waals surface area contributed by atoms with Crippen LogP contribution in [-0.4, -0.2) is 35.5 Å². The van der Waals surface area contributed by atoms with Gasteiger partial charge in [-0.25, -0.2) is 4.98 Å². The van der Waals surface area contributed by atoms with Crippen LogP contribution in [-0.2, 0) is 22.7 Å². The van der Waals surface area contributed by atoms with Gasteiger partial charge in [-0.15, -0.1) is 11.3 Å². The fraction of sp³-hybridized carbons (Fsp3) is 0.391. The average molecular weight is 427 g/mol. The Kier molecular flexibility index (Phi) is 6.20. The SMILES string of the molecule is COC(=O)C1CCCN1Cc1ccc(OCc2nc(-c3cccs3)oc2C)cc1C. The Balaban J connectivity index is 1.40. The molecule has 3 heterocycles. The number of hydrogen-bond donors (Lipinski definition) is 0. The number of ether oxygens (including phenoxy) is 2. The van der Waals surface area contributed by atoms with Crippen LogP contribution in [0.1, 0.15) is 35.4 Å². The highest BCUT2D eigenvalue weighted by Gasteiger charge is 2.31. The van der Waals surface area contributed by atoms with Gasteiger partial charge < -0.3 is 13.9 Å². The molecule has 0 aliphatic carbocycles. The quantitative estimate of drug-likeness (QED) is 0.509. The molecule has 0 saturated carbocycles. The summed E-state index contributed by atoms with van der Waals surface area (Å²) in [6.07, 6.45) is 1.88. The minimum Gasteiger partial charge on any atom is -0.487 e. The Morgan fingerprint density at radius 2 is 2.20 bits per heavy atom. The largest absolute Gasteiger partial charge is 0.487 e. The van der Waals surface area contributed by atoms with Gasteiger partial charge >= 0.3 is 5.97 Å². The normalized spacial score (nSPS) is 16.7. The predicted molar refractivity (Wildman–Crippen MR) is 116 cm³/mol. The van der Waals surface area contributed by atoms with Gasteiger partial charge in [-0.05, 0) is 67.9 Å². The average Bonchev–Trinajstić information content (AvgIpc) is 3.49. The molecule has 1 aliphatic rings. The summed E-state index contributed by atoms with van der Waals surface area (Å²) in [5, 5.41) is 2.00. The zero-order valence-electron chi connectivity index (χ0n) is 17.5. The highest BCUT2D eigenvalue weighted by molar-refractivity contribution is 7.13. The van der Waals surface area contributed by atoms with E-state index in [0.29, 0.717) is 12.5 Å². The van der Waals surface area contributed by atoms with Crippen LogP contribution in [0.4, 0.5) is 0 Å². The van der Waals surface area contributed by atoms with Gasteiger partial charge in [-0.1, -0.05) is 12.1 Å². The number of carbonyl (C=O) groups excluding carboxylic acids is 1. The van der Waals surface area contributed by atoms with Crippen molar-refractivity contribution in [1.29, 1.82) is 0 Å². The van der Waals surface area contributed by atoms with Crippen molar-refractivity contribution >= 4 is 17.3 Å². The summed E-state index contributed by atoms with van der Waals surface area (Å²) >= 11 is 1.60. The Hall–Kier alpha value is -2.64. The Labute approximate surface area is 180 Å². The summed E-state index contributed by atoms with van der Waals surface area (Å²) in [7, 11) is 1.45. The number of oxazole rings is 1. The third kappa shape index (κ3) is 4.42. The van der Waals surface area contributed by atoms with E-state index in [1.54, 1.807) is 11.3 Å². The number of likely N-dealkylation sites (tertiary alicyclic amines) is 1. The monoisotopic (exact) mass is 426 g/mol. The fourth-order valence-corrected chi connectivity index (χ4v) is 4.44. The van der Waals surface area contributed by atoms with Crippen LogP contribution in [0.15, 0.2) is 40.1 Å². The maximum atomic E-state index is 12.0. The van der Waals surface area contributed by atoms with E-state index in [2.05, 4.69) is 22.9 Å². The van der Waals surface area contributed by atoms with E-state index < -0.39 is 0 Å². The van der Waals surface area contributed by atoms with Crippen LogP contribution in [0.25, 0.3) is 10.8 Å². The molecule has 0 bridgehead atoms. The summed E-state index contributed by atoms with van der Waals surface area (Å²) in [5.74, 6) is 2.06. The number of rotatable bonds is 7. The summed E-state index contributed by atoms with van der Waals surface area (Å²) in [6.45, 7) is 5.98. The number of nitrogens with zero attached hydrogens (tertiary/aromatic N) is 2. The lowest BCUT2D eigenvalue weighted by molar-refractivity contribution is -0.146. The first-order chi connectivity index (χ1) is 14.5. The molecule has 0 N–H and O–H groups in total. The number of benzene rings is 1. The number of methoxy groups -OCH3 is 1. The molecular formula is C23H26N2O4S. The molecule has 0 amide bonds. The minimum absolute atomic E-state index is 0.141. The Bertz CT molecular complexity index is 1010. The Morgan fingerprint density at radius 3 is 2.93 bits per heavy atom. The number of esters is 1. The molecule has 7 heteroatoms. The van der Waals surface area contributed by atoms with Crippen molar-refractivity contribution in [2.45, 2.75) is 45.9 Å². The second-order valence-electron chi connectivity index (χ2n) is 7.53. The fourth-order valence-electron chi connectivity index (χ4n) is 3.79. The van der Waals surface area contributed by atoms with Crippen molar-refractivity contribution in [3.63, 3.8) is 0 Å². The molecule has 158 valence electrons. The van der Waals surface area contributed by atoms with Gasteiger partial charge in [0.15, 0.2) is 0 Å². The predicted octanol–water partition coefficient (Wildman–Crippen LogP) is 4.74. The van der Waals surface area contributed by atoms with E-state index in [-0.39, 0.29) is 12.0 Å². The summed E-state index contributed by atoms with van der Waals surface area (Å²) in [6, 6.07) is 9.92. The van der Waals surface area contributed by atoms with E-state index >= 15 is 0 Å². The first-order valence-electron chi connectivity index (χ1n) is 10.1. The van der Waals surface area contributed by atoms with Gasteiger partial charge in [0.1, 0.15) is 29.9 Å². The maximum absolute atomic E-state index is 12.0. The second-order valence-corrected chi connectivity index (χ2v) is 8.48. The molecule has 3 aromatic rings. The molecule has 6 nitrogen and oxygen atoms in total.